The molecule has 1 aromatic heterocycles. The van der Waals surface area contributed by atoms with Crippen molar-refractivity contribution in [3.63, 3.8) is 0 Å². The lowest BCUT2D eigenvalue weighted by atomic mass is 9.90. The van der Waals surface area contributed by atoms with Crippen LogP contribution in [-0.2, 0) is 32.1 Å². The molecule has 0 spiro atoms. The molecule has 35 heavy (non-hydrogen) atoms. The van der Waals surface area contributed by atoms with Gasteiger partial charge in [-0.05, 0) is 53.1 Å². The summed E-state index contributed by atoms with van der Waals surface area (Å²) in [5, 5.41) is 1.12. The van der Waals surface area contributed by atoms with Crippen molar-refractivity contribution >= 4 is 45.4 Å². The summed E-state index contributed by atoms with van der Waals surface area (Å²) in [5.41, 5.74) is 4.20. The Morgan fingerprint density at radius 3 is 2.63 bits per heavy atom. The van der Waals surface area contributed by atoms with Gasteiger partial charge >= 0.3 is 11.9 Å². The molecule has 2 atom stereocenters. The molecule has 1 aliphatic rings. The molecule has 0 unspecified atom stereocenters. The fraction of sp³-hybridized carbons (Fsp3) is 0.286. The Hall–Kier alpha value is -2.91. The lowest BCUT2D eigenvalue weighted by Gasteiger charge is -2.40. The van der Waals surface area contributed by atoms with Crippen molar-refractivity contribution in [2.45, 2.75) is 38.5 Å². The Kier molecular flexibility index (Phi) is 8.41. The molecule has 0 saturated carbocycles. The average molecular weight is 584 g/mol. The summed E-state index contributed by atoms with van der Waals surface area (Å²) in [4.78, 5) is 31.0. The minimum atomic E-state index is -0.452. The number of para-hydroxylation sites is 1. The van der Waals surface area contributed by atoms with Crippen LogP contribution >= 0.6 is 22.6 Å². The summed E-state index contributed by atoms with van der Waals surface area (Å²) < 4.78 is 11.7. The first kappa shape index (κ1) is 25.2. The number of carbonyl (C=O) groups excluding carboxylic acids is 2. The molecule has 3 aromatic rings. The average Bonchev–Trinajstić information content (AvgIpc) is 3.26. The quantitative estimate of drug-likeness (QED) is 0.211. The van der Waals surface area contributed by atoms with E-state index < -0.39 is 12.0 Å². The van der Waals surface area contributed by atoms with Gasteiger partial charge in [-0.25, -0.2) is 4.79 Å². The summed E-state index contributed by atoms with van der Waals surface area (Å²) >= 11 is 2.32. The zero-order chi connectivity index (χ0) is 24.8. The normalized spacial score (nSPS) is 18.5. The minimum absolute atomic E-state index is 0.133. The smallest absolute Gasteiger partial charge is 0.330 e. The van der Waals surface area contributed by atoms with Gasteiger partial charge in [0.1, 0.15) is 12.6 Å². The van der Waals surface area contributed by atoms with Crippen LogP contribution in [0.2, 0.25) is 0 Å². The van der Waals surface area contributed by atoms with Crippen LogP contribution in [0.25, 0.3) is 10.9 Å². The van der Waals surface area contributed by atoms with E-state index in [2.05, 4.69) is 50.7 Å². The third-order valence-electron chi connectivity index (χ3n) is 6.34. The van der Waals surface area contributed by atoms with Gasteiger partial charge in [0.2, 0.25) is 0 Å². The van der Waals surface area contributed by atoms with E-state index in [9.17, 15) is 9.59 Å². The fourth-order valence-corrected chi connectivity index (χ4v) is 4.96. The molecule has 0 fully saturated rings. The topological polar surface area (TPSA) is 71.6 Å². The highest BCUT2D eigenvalue weighted by Crippen LogP contribution is 2.40. The highest BCUT2D eigenvalue weighted by molar-refractivity contribution is 14.1. The Morgan fingerprint density at radius 1 is 1.14 bits per heavy atom. The molecule has 0 radical (unpaired) electrons. The number of nitrogens with zero attached hydrogens (tertiary/aromatic N) is 1. The van der Waals surface area contributed by atoms with Gasteiger partial charge in [0, 0.05) is 39.2 Å². The molecule has 2 aromatic carbocycles. The highest BCUT2D eigenvalue weighted by atomic mass is 127. The summed E-state index contributed by atoms with van der Waals surface area (Å²) in [6.45, 7) is 2.83. The van der Waals surface area contributed by atoms with Crippen molar-refractivity contribution in [3.05, 3.63) is 93.2 Å². The molecule has 4 rings (SSSR count). The highest BCUT2D eigenvalue weighted by Gasteiger charge is 2.40. The largest absolute Gasteiger partial charge is 0.466 e. The number of hydrogen-bond donors (Lipinski definition) is 1. The number of allylic oxidation sites excluding steroid dienone is 1. The molecule has 1 N–H and O–H groups in total. The number of rotatable bonds is 8. The molecule has 6 nitrogen and oxygen atoms in total. The molecule has 0 bridgehead atoms. The molecule has 2 heterocycles. The first-order valence-corrected chi connectivity index (χ1v) is 12.7. The summed E-state index contributed by atoms with van der Waals surface area (Å²) in [6, 6.07) is 17.3. The molecule has 0 aliphatic carbocycles. The Balaban J connectivity index is 1.71. The Labute approximate surface area is 219 Å². The van der Waals surface area contributed by atoms with E-state index >= 15 is 0 Å². The molecule has 7 heteroatoms. The van der Waals surface area contributed by atoms with Gasteiger partial charge in [-0.3, -0.25) is 9.69 Å². The molecular formula is C28H29IN2O4. The number of benzene rings is 2. The number of carbonyl (C=O) groups is 2. The van der Waals surface area contributed by atoms with Crippen LogP contribution in [0, 0.1) is 0 Å². The fourth-order valence-electron chi connectivity index (χ4n) is 4.56. The number of aromatic nitrogens is 1. The zero-order valence-corrected chi connectivity index (χ0v) is 22.0. The first-order valence-electron chi connectivity index (χ1n) is 11.6. The maximum absolute atomic E-state index is 13.5. The van der Waals surface area contributed by atoms with Crippen LogP contribution in [0.5, 0.6) is 0 Å². The first-order chi connectivity index (χ1) is 17.0. The van der Waals surface area contributed by atoms with E-state index in [1.807, 2.05) is 55.5 Å². The van der Waals surface area contributed by atoms with Crippen LogP contribution in [0.4, 0.5) is 0 Å². The second-order valence-corrected chi connectivity index (χ2v) is 9.85. The molecule has 0 amide bonds. The SMILES string of the molecule is C/C=C(\I)CN1[C@@H](C(=O)OCc2ccccc2)Cc2c([nH]c3ccccc23)[C@@H]1C/C=C/C(=O)OC. The van der Waals surface area contributed by atoms with Crippen LogP contribution in [0.1, 0.15) is 36.2 Å². The predicted molar refractivity (Wildman–Crippen MR) is 145 cm³/mol. The lowest BCUT2D eigenvalue weighted by Crippen LogP contribution is -2.49. The molecule has 182 valence electrons. The number of H-pyrrole nitrogens is 1. The van der Waals surface area contributed by atoms with Crippen molar-refractivity contribution in [2.75, 3.05) is 13.7 Å². The third-order valence-corrected chi connectivity index (χ3v) is 7.30. The van der Waals surface area contributed by atoms with E-state index in [1.165, 1.54) is 13.2 Å². The van der Waals surface area contributed by atoms with Gasteiger partial charge in [-0.1, -0.05) is 60.7 Å². The van der Waals surface area contributed by atoms with Crippen molar-refractivity contribution in [3.8, 4) is 0 Å². The lowest BCUT2D eigenvalue weighted by molar-refractivity contribution is -0.153. The van der Waals surface area contributed by atoms with Gasteiger partial charge in [0.05, 0.1) is 13.2 Å². The molecule has 1 aliphatic heterocycles. The molecular weight excluding hydrogens is 555 g/mol. The van der Waals surface area contributed by atoms with Crippen molar-refractivity contribution in [2.24, 2.45) is 0 Å². The summed E-state index contributed by atoms with van der Waals surface area (Å²) in [7, 11) is 1.36. The van der Waals surface area contributed by atoms with Gasteiger partial charge in [-0.15, -0.1) is 0 Å². The standard InChI is InChI=1S/C28H29IN2O4/c1-3-20(29)17-31-24(14-9-15-26(32)34-2)27-22(21-12-7-8-13-23(21)30-27)16-25(31)28(33)35-18-19-10-5-4-6-11-19/h3-13,15,24-25,30H,14,16-18H2,1-2H3/b15-9+,20-3-/t24-,25+/m0/s1. The van der Waals surface area contributed by atoms with Crippen LogP contribution in [0.15, 0.2) is 76.4 Å². The number of methoxy groups -OCH3 is 1. The molecule has 0 saturated heterocycles. The van der Waals surface area contributed by atoms with E-state index in [-0.39, 0.29) is 18.6 Å². The third kappa shape index (κ3) is 5.85. The Morgan fingerprint density at radius 2 is 1.89 bits per heavy atom. The number of aromatic amines is 1. The van der Waals surface area contributed by atoms with Crippen LogP contribution in [-0.4, -0.2) is 41.5 Å². The summed E-state index contributed by atoms with van der Waals surface area (Å²) in [6.07, 6.45) is 6.41. The summed E-state index contributed by atoms with van der Waals surface area (Å²) in [5.74, 6) is -0.641. The number of ether oxygens (including phenoxy) is 2. The van der Waals surface area contributed by atoms with Gasteiger partial charge in [-0.2, -0.15) is 0 Å². The number of hydrogen-bond acceptors (Lipinski definition) is 5. The van der Waals surface area contributed by atoms with Crippen molar-refractivity contribution in [1.29, 1.82) is 0 Å². The van der Waals surface area contributed by atoms with Gasteiger partial charge in [0.15, 0.2) is 0 Å². The van der Waals surface area contributed by atoms with Crippen LogP contribution in [0.3, 0.4) is 0 Å². The second-order valence-electron chi connectivity index (χ2n) is 8.46. The zero-order valence-electron chi connectivity index (χ0n) is 19.9. The number of halogens is 1. The maximum atomic E-state index is 13.5. The minimum Gasteiger partial charge on any atom is -0.466 e. The number of fused-ring (bicyclic) bond motifs is 3. The van der Waals surface area contributed by atoms with Gasteiger partial charge in [0.25, 0.3) is 0 Å². The number of nitrogens with one attached hydrogen (secondary N) is 1. The predicted octanol–water partition coefficient (Wildman–Crippen LogP) is 5.64. The van der Waals surface area contributed by atoms with Crippen molar-refractivity contribution < 1.29 is 19.1 Å². The number of esters is 2. The van der Waals surface area contributed by atoms with E-state index in [4.69, 9.17) is 9.47 Å². The maximum Gasteiger partial charge on any atom is 0.330 e. The van der Waals surface area contributed by atoms with Crippen LogP contribution < -0.4 is 0 Å². The monoisotopic (exact) mass is 584 g/mol. The Bertz CT molecular complexity index is 1250. The van der Waals surface area contributed by atoms with E-state index in [0.717, 1.165) is 31.3 Å². The van der Waals surface area contributed by atoms with E-state index in [0.29, 0.717) is 19.4 Å². The van der Waals surface area contributed by atoms with E-state index in [1.54, 1.807) is 0 Å². The van der Waals surface area contributed by atoms with Crippen molar-refractivity contribution in [1.82, 2.24) is 9.88 Å². The second kappa shape index (κ2) is 11.7. The van der Waals surface area contributed by atoms with Gasteiger partial charge < -0.3 is 14.5 Å².